The van der Waals surface area contributed by atoms with Gasteiger partial charge in [-0.1, -0.05) is 12.8 Å². The molecule has 5 nitrogen and oxygen atoms in total. The molecule has 2 saturated heterocycles. The predicted octanol–water partition coefficient (Wildman–Crippen LogP) is 0.756. The van der Waals surface area contributed by atoms with E-state index in [4.69, 9.17) is 5.73 Å². The second kappa shape index (κ2) is 5.91. The molecule has 6 heteroatoms. The molecule has 3 rings (SSSR count). The SMILES string of the molecule is NC1CCN(C2CCN(S(=O)(=O)C3CCCC3)C2)CC1. The van der Waals surface area contributed by atoms with Gasteiger partial charge in [0.1, 0.15) is 0 Å². The molecule has 1 aliphatic carbocycles. The van der Waals surface area contributed by atoms with E-state index in [1.807, 2.05) is 0 Å². The molecule has 0 amide bonds. The van der Waals surface area contributed by atoms with Crippen LogP contribution in [0.15, 0.2) is 0 Å². The van der Waals surface area contributed by atoms with Gasteiger partial charge in [0.2, 0.25) is 10.0 Å². The Morgan fingerprint density at radius 3 is 2.20 bits per heavy atom. The van der Waals surface area contributed by atoms with E-state index in [1.54, 1.807) is 4.31 Å². The minimum atomic E-state index is -3.04. The van der Waals surface area contributed by atoms with E-state index in [0.717, 1.165) is 58.0 Å². The molecule has 0 aromatic carbocycles. The summed E-state index contributed by atoms with van der Waals surface area (Å²) in [6, 6.07) is 0.754. The normalized spacial score (nSPS) is 32.1. The molecule has 2 N–H and O–H groups in total. The fourth-order valence-electron chi connectivity index (χ4n) is 3.92. The molecule has 0 radical (unpaired) electrons. The number of hydrogen-bond donors (Lipinski definition) is 1. The van der Waals surface area contributed by atoms with Gasteiger partial charge in [0.25, 0.3) is 0 Å². The van der Waals surface area contributed by atoms with Crippen molar-refractivity contribution >= 4 is 10.0 Å². The van der Waals surface area contributed by atoms with E-state index in [1.165, 1.54) is 0 Å². The maximum absolute atomic E-state index is 12.6. The highest BCUT2D eigenvalue weighted by atomic mass is 32.2. The van der Waals surface area contributed by atoms with E-state index in [9.17, 15) is 8.42 Å². The van der Waals surface area contributed by atoms with Crippen LogP contribution < -0.4 is 5.73 Å². The van der Waals surface area contributed by atoms with Gasteiger partial charge in [-0.05, 0) is 45.2 Å². The van der Waals surface area contributed by atoms with Crippen LogP contribution >= 0.6 is 0 Å². The van der Waals surface area contributed by atoms with Crippen LogP contribution in [0.4, 0.5) is 0 Å². The molecule has 2 heterocycles. The van der Waals surface area contributed by atoms with Crippen LogP contribution in [-0.2, 0) is 10.0 Å². The highest BCUT2D eigenvalue weighted by Gasteiger charge is 2.39. The van der Waals surface area contributed by atoms with Crippen molar-refractivity contribution in [3.8, 4) is 0 Å². The van der Waals surface area contributed by atoms with Crippen molar-refractivity contribution in [2.24, 2.45) is 5.73 Å². The first kappa shape index (κ1) is 14.8. The van der Waals surface area contributed by atoms with Gasteiger partial charge in [-0.3, -0.25) is 4.90 Å². The van der Waals surface area contributed by atoms with Crippen LogP contribution in [0.5, 0.6) is 0 Å². The highest BCUT2D eigenvalue weighted by molar-refractivity contribution is 7.89. The van der Waals surface area contributed by atoms with Crippen molar-refractivity contribution in [2.45, 2.75) is 62.3 Å². The molecule has 0 aromatic heterocycles. The zero-order valence-electron chi connectivity index (χ0n) is 12.2. The minimum absolute atomic E-state index is 0.101. The monoisotopic (exact) mass is 301 g/mol. The lowest BCUT2D eigenvalue weighted by atomic mass is 10.0. The smallest absolute Gasteiger partial charge is 0.217 e. The number of likely N-dealkylation sites (tertiary alicyclic amines) is 1. The second-order valence-corrected chi connectivity index (χ2v) is 8.84. The Labute approximate surface area is 122 Å². The molecule has 1 atom stereocenters. The summed E-state index contributed by atoms with van der Waals surface area (Å²) >= 11 is 0. The summed E-state index contributed by atoms with van der Waals surface area (Å²) in [4.78, 5) is 2.45. The minimum Gasteiger partial charge on any atom is -0.328 e. The molecule has 20 heavy (non-hydrogen) atoms. The predicted molar refractivity (Wildman–Crippen MR) is 79.9 cm³/mol. The maximum atomic E-state index is 12.6. The Bertz CT molecular complexity index is 426. The van der Waals surface area contributed by atoms with E-state index in [-0.39, 0.29) is 5.25 Å². The topological polar surface area (TPSA) is 66.6 Å². The van der Waals surface area contributed by atoms with Gasteiger partial charge in [-0.2, -0.15) is 0 Å². The lowest BCUT2D eigenvalue weighted by Crippen LogP contribution is -2.46. The third-order valence-corrected chi connectivity index (χ3v) is 7.67. The van der Waals surface area contributed by atoms with E-state index in [2.05, 4.69) is 4.90 Å². The number of rotatable bonds is 3. The average Bonchev–Trinajstić information content (AvgIpc) is 3.12. The fourth-order valence-corrected chi connectivity index (χ4v) is 6.01. The quantitative estimate of drug-likeness (QED) is 0.835. The van der Waals surface area contributed by atoms with Crippen molar-refractivity contribution in [1.29, 1.82) is 0 Å². The lowest BCUT2D eigenvalue weighted by molar-refractivity contribution is 0.159. The highest BCUT2D eigenvalue weighted by Crippen LogP contribution is 2.30. The standard InChI is InChI=1S/C14H27N3O2S/c15-12-5-8-16(9-6-12)13-7-10-17(11-13)20(18,19)14-3-1-2-4-14/h12-14H,1-11,15H2. The Morgan fingerprint density at radius 2 is 1.55 bits per heavy atom. The van der Waals surface area contributed by atoms with Crippen LogP contribution in [0, 0.1) is 0 Å². The summed E-state index contributed by atoms with van der Waals surface area (Å²) in [6.45, 7) is 3.48. The van der Waals surface area contributed by atoms with E-state index in [0.29, 0.717) is 25.2 Å². The molecule has 0 bridgehead atoms. The van der Waals surface area contributed by atoms with Gasteiger partial charge in [0, 0.05) is 25.2 Å². The summed E-state index contributed by atoms with van der Waals surface area (Å²) in [5, 5.41) is -0.101. The molecule has 116 valence electrons. The molecule has 1 unspecified atom stereocenters. The molecule has 3 aliphatic rings. The molecular weight excluding hydrogens is 274 g/mol. The Hall–Kier alpha value is -0.170. The summed E-state index contributed by atoms with van der Waals surface area (Å²) in [7, 11) is -3.04. The van der Waals surface area contributed by atoms with Gasteiger partial charge in [-0.15, -0.1) is 0 Å². The molecule has 1 saturated carbocycles. The molecule has 3 fully saturated rings. The summed E-state index contributed by atoms with van der Waals surface area (Å²) in [6.07, 6.45) is 6.96. The largest absolute Gasteiger partial charge is 0.328 e. The number of piperidine rings is 1. The third kappa shape index (κ3) is 2.89. The first-order valence-corrected chi connectivity index (χ1v) is 9.56. The summed E-state index contributed by atoms with van der Waals surface area (Å²) in [5.41, 5.74) is 5.94. The van der Waals surface area contributed by atoms with Crippen LogP contribution in [0.2, 0.25) is 0 Å². The van der Waals surface area contributed by atoms with Gasteiger partial charge in [0.05, 0.1) is 5.25 Å². The Morgan fingerprint density at radius 1 is 0.900 bits per heavy atom. The van der Waals surface area contributed by atoms with Gasteiger partial charge >= 0.3 is 0 Å². The average molecular weight is 301 g/mol. The lowest BCUT2D eigenvalue weighted by Gasteiger charge is -2.34. The summed E-state index contributed by atoms with van der Waals surface area (Å²) < 4.78 is 27.0. The maximum Gasteiger partial charge on any atom is 0.217 e. The molecular formula is C14H27N3O2S. The number of sulfonamides is 1. The summed E-state index contributed by atoms with van der Waals surface area (Å²) in [5.74, 6) is 0. The van der Waals surface area contributed by atoms with Crippen molar-refractivity contribution in [3.05, 3.63) is 0 Å². The van der Waals surface area contributed by atoms with Crippen molar-refractivity contribution in [3.63, 3.8) is 0 Å². The van der Waals surface area contributed by atoms with Crippen molar-refractivity contribution in [1.82, 2.24) is 9.21 Å². The van der Waals surface area contributed by atoms with Crippen LogP contribution in [0.25, 0.3) is 0 Å². The zero-order chi connectivity index (χ0) is 14.2. The number of nitrogens with two attached hydrogens (primary N) is 1. The molecule has 2 aliphatic heterocycles. The van der Waals surface area contributed by atoms with Gasteiger partial charge in [-0.25, -0.2) is 12.7 Å². The van der Waals surface area contributed by atoms with E-state index >= 15 is 0 Å². The van der Waals surface area contributed by atoms with Crippen molar-refractivity contribution < 1.29 is 8.42 Å². The first-order valence-electron chi connectivity index (χ1n) is 8.06. The molecule has 0 aromatic rings. The van der Waals surface area contributed by atoms with Gasteiger partial charge in [0.15, 0.2) is 0 Å². The second-order valence-electron chi connectivity index (χ2n) is 6.63. The third-order valence-electron chi connectivity index (χ3n) is 5.30. The molecule has 0 spiro atoms. The first-order chi connectivity index (χ1) is 9.57. The van der Waals surface area contributed by atoms with E-state index < -0.39 is 10.0 Å². The van der Waals surface area contributed by atoms with Crippen molar-refractivity contribution in [2.75, 3.05) is 26.2 Å². The van der Waals surface area contributed by atoms with Gasteiger partial charge < -0.3 is 5.73 Å². The fraction of sp³-hybridized carbons (Fsp3) is 1.00. The van der Waals surface area contributed by atoms with Crippen LogP contribution in [0.3, 0.4) is 0 Å². The Kier molecular flexibility index (Phi) is 4.36. The Balaban J connectivity index is 1.59. The number of nitrogens with zero attached hydrogens (tertiary/aromatic N) is 2. The zero-order valence-corrected chi connectivity index (χ0v) is 13.0. The van der Waals surface area contributed by atoms with Crippen LogP contribution in [0.1, 0.15) is 44.9 Å². The van der Waals surface area contributed by atoms with Crippen LogP contribution in [-0.4, -0.2) is 61.1 Å². The number of hydrogen-bond acceptors (Lipinski definition) is 4.